The highest BCUT2D eigenvalue weighted by molar-refractivity contribution is 7.80. The first-order chi connectivity index (χ1) is 10.6. The molecule has 0 aromatic heterocycles. The van der Waals surface area contributed by atoms with Gasteiger partial charge in [-0.25, -0.2) is 0 Å². The maximum atomic E-state index is 10.7. The van der Waals surface area contributed by atoms with Crippen LogP contribution in [0.1, 0.15) is 37.7 Å². The lowest BCUT2D eigenvalue weighted by molar-refractivity contribution is -0.384. The van der Waals surface area contributed by atoms with Crippen LogP contribution in [0.5, 0.6) is 0 Å². The highest BCUT2D eigenvalue weighted by Crippen LogP contribution is 2.20. The molecule has 0 unspecified atom stereocenters. The Morgan fingerprint density at radius 1 is 1.41 bits per heavy atom. The summed E-state index contributed by atoms with van der Waals surface area (Å²) in [6, 6.07) is 4.58. The van der Waals surface area contributed by atoms with Gasteiger partial charge in [0.1, 0.15) is 0 Å². The van der Waals surface area contributed by atoms with Crippen molar-refractivity contribution < 1.29 is 4.92 Å². The molecule has 0 heterocycles. The number of nitrogens with one attached hydrogen (secondary N) is 2. The number of nitrogens with zero attached hydrogens (tertiary/aromatic N) is 2. The van der Waals surface area contributed by atoms with Crippen LogP contribution in [0.2, 0.25) is 5.02 Å². The molecule has 0 radical (unpaired) electrons. The van der Waals surface area contributed by atoms with Crippen molar-refractivity contribution in [1.82, 2.24) is 10.7 Å². The van der Waals surface area contributed by atoms with Gasteiger partial charge in [-0.1, -0.05) is 30.9 Å². The number of hydrazone groups is 1. The minimum absolute atomic E-state index is 0.0336. The standard InChI is InChI=1S/C14H17ClN4O2S/c15-13-7-6-12(19(20)21)8-10(13)9-16-18-14(22)17-11-4-2-1-3-5-11/h6-9,11H,1-5H2,(H2,17,18,22)/b16-9+. The molecule has 8 heteroatoms. The predicted molar refractivity (Wildman–Crippen MR) is 91.4 cm³/mol. The van der Waals surface area contributed by atoms with Crippen LogP contribution in [0.15, 0.2) is 23.3 Å². The second-order valence-electron chi connectivity index (χ2n) is 5.14. The summed E-state index contributed by atoms with van der Waals surface area (Å²) < 4.78 is 0. The average molecular weight is 341 g/mol. The molecule has 2 N–H and O–H groups in total. The van der Waals surface area contributed by atoms with Crippen molar-refractivity contribution in [1.29, 1.82) is 0 Å². The van der Waals surface area contributed by atoms with E-state index in [1.165, 1.54) is 43.7 Å². The Bertz CT molecular complexity index is 588. The van der Waals surface area contributed by atoms with Crippen LogP contribution in [-0.2, 0) is 0 Å². The van der Waals surface area contributed by atoms with Gasteiger partial charge >= 0.3 is 0 Å². The van der Waals surface area contributed by atoms with Gasteiger partial charge in [0, 0.05) is 28.8 Å². The smallest absolute Gasteiger partial charge is 0.270 e. The number of rotatable bonds is 4. The third-order valence-electron chi connectivity index (χ3n) is 3.50. The van der Waals surface area contributed by atoms with Crippen molar-refractivity contribution in [2.45, 2.75) is 38.1 Å². The molecule has 2 rings (SSSR count). The number of halogens is 1. The van der Waals surface area contributed by atoms with Crippen molar-refractivity contribution in [2.75, 3.05) is 0 Å². The summed E-state index contributed by atoms with van der Waals surface area (Å²) in [6.07, 6.45) is 7.36. The lowest BCUT2D eigenvalue weighted by Gasteiger charge is -2.23. The Labute approximate surface area is 139 Å². The number of nitro groups is 1. The average Bonchev–Trinajstić information content (AvgIpc) is 2.50. The molecule has 0 saturated heterocycles. The van der Waals surface area contributed by atoms with Crippen molar-refractivity contribution in [3.63, 3.8) is 0 Å². The summed E-state index contributed by atoms with van der Waals surface area (Å²) in [5.74, 6) is 0. The number of hydrogen-bond donors (Lipinski definition) is 2. The van der Waals surface area contributed by atoms with Crippen molar-refractivity contribution in [3.05, 3.63) is 38.9 Å². The summed E-state index contributed by atoms with van der Waals surface area (Å²) in [5, 5.41) is 18.8. The van der Waals surface area contributed by atoms with E-state index in [0.717, 1.165) is 12.8 Å². The Kier molecular flexibility index (Phi) is 6.09. The quantitative estimate of drug-likeness (QED) is 0.380. The summed E-state index contributed by atoms with van der Waals surface area (Å²) in [5.41, 5.74) is 3.14. The zero-order chi connectivity index (χ0) is 15.9. The topological polar surface area (TPSA) is 79.6 Å². The van der Waals surface area contributed by atoms with Crippen LogP contribution in [-0.4, -0.2) is 22.3 Å². The highest BCUT2D eigenvalue weighted by Gasteiger charge is 2.13. The lowest BCUT2D eigenvalue weighted by atomic mass is 9.96. The Balaban J connectivity index is 1.90. The van der Waals surface area contributed by atoms with Crippen LogP contribution in [0.4, 0.5) is 5.69 Å². The molecule has 0 amide bonds. The fourth-order valence-electron chi connectivity index (χ4n) is 2.37. The van der Waals surface area contributed by atoms with Crippen LogP contribution < -0.4 is 10.7 Å². The molecule has 0 aliphatic heterocycles. The summed E-state index contributed by atoms with van der Waals surface area (Å²) in [4.78, 5) is 10.3. The number of benzene rings is 1. The predicted octanol–water partition coefficient (Wildman–Crippen LogP) is 3.38. The highest BCUT2D eigenvalue weighted by atomic mass is 35.5. The molecular weight excluding hydrogens is 324 g/mol. The SMILES string of the molecule is O=[N+]([O-])c1ccc(Cl)c(/C=N/NC(=S)NC2CCCCC2)c1. The molecule has 1 aliphatic rings. The number of hydrogen-bond acceptors (Lipinski definition) is 4. The molecular formula is C14H17ClN4O2S. The molecule has 0 spiro atoms. The van der Waals surface area contributed by atoms with Gasteiger partial charge in [-0.05, 0) is 31.1 Å². The molecule has 1 aromatic carbocycles. The third kappa shape index (κ3) is 4.92. The van der Waals surface area contributed by atoms with E-state index in [1.54, 1.807) is 0 Å². The van der Waals surface area contributed by atoms with Gasteiger partial charge in [0.15, 0.2) is 5.11 Å². The largest absolute Gasteiger partial charge is 0.359 e. The van der Waals surface area contributed by atoms with Gasteiger partial charge in [0.2, 0.25) is 0 Å². The van der Waals surface area contributed by atoms with Crippen molar-refractivity contribution >= 4 is 40.8 Å². The van der Waals surface area contributed by atoms with E-state index in [2.05, 4.69) is 15.8 Å². The van der Waals surface area contributed by atoms with Crippen LogP contribution in [0.3, 0.4) is 0 Å². The molecule has 6 nitrogen and oxygen atoms in total. The molecule has 0 atom stereocenters. The number of thiocarbonyl (C=S) groups is 1. The van der Waals surface area contributed by atoms with Gasteiger partial charge in [-0.15, -0.1) is 0 Å². The second-order valence-corrected chi connectivity index (χ2v) is 5.96. The summed E-state index contributed by atoms with van der Waals surface area (Å²) >= 11 is 11.2. The van der Waals surface area contributed by atoms with Gasteiger partial charge in [-0.3, -0.25) is 15.5 Å². The van der Waals surface area contributed by atoms with E-state index < -0.39 is 4.92 Å². The maximum Gasteiger partial charge on any atom is 0.270 e. The second kappa shape index (κ2) is 8.05. The Hall–Kier alpha value is -1.73. The fraction of sp³-hybridized carbons (Fsp3) is 0.429. The first kappa shape index (κ1) is 16.6. The third-order valence-corrected chi connectivity index (χ3v) is 4.05. The van der Waals surface area contributed by atoms with Crippen LogP contribution >= 0.6 is 23.8 Å². The summed E-state index contributed by atoms with van der Waals surface area (Å²) in [6.45, 7) is 0. The normalized spacial score (nSPS) is 15.7. The molecule has 1 fully saturated rings. The molecule has 22 heavy (non-hydrogen) atoms. The van der Waals surface area contributed by atoms with Crippen molar-refractivity contribution in [3.8, 4) is 0 Å². The molecule has 0 bridgehead atoms. The van der Waals surface area contributed by atoms with Gasteiger partial charge < -0.3 is 5.32 Å². The molecule has 1 saturated carbocycles. The van der Waals surface area contributed by atoms with E-state index in [4.69, 9.17) is 23.8 Å². The zero-order valence-corrected chi connectivity index (χ0v) is 13.5. The maximum absolute atomic E-state index is 10.7. The first-order valence-corrected chi connectivity index (χ1v) is 7.88. The minimum Gasteiger partial charge on any atom is -0.359 e. The van der Waals surface area contributed by atoms with Crippen LogP contribution in [0.25, 0.3) is 0 Å². The minimum atomic E-state index is -0.476. The molecule has 1 aliphatic carbocycles. The Morgan fingerprint density at radius 2 is 2.14 bits per heavy atom. The van der Waals surface area contributed by atoms with E-state index in [-0.39, 0.29) is 5.69 Å². The summed E-state index contributed by atoms with van der Waals surface area (Å²) in [7, 11) is 0. The van der Waals surface area contributed by atoms with Gasteiger partial charge in [0.05, 0.1) is 11.1 Å². The molecule has 1 aromatic rings. The first-order valence-electron chi connectivity index (χ1n) is 7.10. The van der Waals surface area contributed by atoms with E-state index >= 15 is 0 Å². The van der Waals surface area contributed by atoms with E-state index in [1.807, 2.05) is 0 Å². The Morgan fingerprint density at radius 3 is 2.82 bits per heavy atom. The number of non-ortho nitro benzene ring substituents is 1. The zero-order valence-electron chi connectivity index (χ0n) is 11.9. The monoisotopic (exact) mass is 340 g/mol. The van der Waals surface area contributed by atoms with Crippen LogP contribution in [0, 0.1) is 10.1 Å². The lowest BCUT2D eigenvalue weighted by Crippen LogP contribution is -2.40. The molecule has 118 valence electrons. The van der Waals surface area contributed by atoms with Crippen molar-refractivity contribution in [2.24, 2.45) is 5.10 Å². The van der Waals surface area contributed by atoms with Gasteiger partial charge in [0.25, 0.3) is 5.69 Å². The van der Waals surface area contributed by atoms with E-state index in [9.17, 15) is 10.1 Å². The number of nitro benzene ring substituents is 1. The van der Waals surface area contributed by atoms with Gasteiger partial charge in [-0.2, -0.15) is 5.10 Å². The fourth-order valence-corrected chi connectivity index (χ4v) is 2.75. The van der Waals surface area contributed by atoms with E-state index in [0.29, 0.717) is 21.7 Å².